The predicted octanol–water partition coefficient (Wildman–Crippen LogP) is 4.69. The van der Waals surface area contributed by atoms with Gasteiger partial charge in [0.1, 0.15) is 0 Å². The minimum atomic E-state index is -0.398. The molecule has 1 heterocycles. The fraction of sp³-hybridized carbons (Fsp3) is 0.238. The molecule has 0 bridgehead atoms. The lowest BCUT2D eigenvalue weighted by Gasteiger charge is -2.28. The number of nitrogens with zero attached hydrogens (tertiary/aromatic N) is 1. The maximum absolute atomic E-state index is 13.1. The Morgan fingerprint density at radius 1 is 0.958 bits per heavy atom. The van der Waals surface area contributed by atoms with Crippen LogP contribution < -0.4 is 5.32 Å². The molecule has 3 heteroatoms. The van der Waals surface area contributed by atoms with E-state index in [1.54, 1.807) is 6.20 Å². The van der Waals surface area contributed by atoms with Gasteiger partial charge in [-0.3, -0.25) is 9.78 Å². The summed E-state index contributed by atoms with van der Waals surface area (Å²) in [4.78, 5) is 17.5. The third-order valence-electron chi connectivity index (χ3n) is 5.08. The van der Waals surface area contributed by atoms with Crippen molar-refractivity contribution in [3.05, 3.63) is 72.4 Å². The number of carbonyl (C=O) groups is 1. The average molecular weight is 316 g/mol. The number of hydrogen-bond acceptors (Lipinski definition) is 2. The highest BCUT2D eigenvalue weighted by atomic mass is 16.2. The number of nitrogens with one attached hydrogen (secondary N) is 1. The molecule has 3 nitrogen and oxygen atoms in total. The minimum Gasteiger partial charge on any atom is -0.325 e. The van der Waals surface area contributed by atoms with Crippen LogP contribution in [0.25, 0.3) is 10.9 Å². The lowest BCUT2D eigenvalue weighted by atomic mass is 9.78. The van der Waals surface area contributed by atoms with Crippen LogP contribution in [0.5, 0.6) is 0 Å². The lowest BCUT2D eigenvalue weighted by Crippen LogP contribution is -2.37. The van der Waals surface area contributed by atoms with Crippen LogP contribution in [0.1, 0.15) is 31.2 Å². The summed E-state index contributed by atoms with van der Waals surface area (Å²) in [6, 6.07) is 20.0. The van der Waals surface area contributed by atoms with E-state index in [1.807, 2.05) is 48.5 Å². The SMILES string of the molecule is O=C(Nc1ccc2ncccc2c1)C1(c2ccccc2)CCCC1. The van der Waals surface area contributed by atoms with Crippen LogP contribution >= 0.6 is 0 Å². The van der Waals surface area contributed by atoms with Crippen LogP contribution in [-0.4, -0.2) is 10.9 Å². The van der Waals surface area contributed by atoms with E-state index in [9.17, 15) is 4.79 Å². The van der Waals surface area contributed by atoms with Gasteiger partial charge in [0.15, 0.2) is 0 Å². The molecule has 1 aliphatic carbocycles. The Morgan fingerprint density at radius 3 is 2.54 bits per heavy atom. The Balaban J connectivity index is 1.65. The van der Waals surface area contributed by atoms with Gasteiger partial charge < -0.3 is 5.32 Å². The Bertz CT molecular complexity index is 867. The first kappa shape index (κ1) is 14.9. The van der Waals surface area contributed by atoms with E-state index in [1.165, 1.54) is 0 Å². The number of hydrogen-bond donors (Lipinski definition) is 1. The second-order valence-corrected chi connectivity index (χ2v) is 6.52. The second-order valence-electron chi connectivity index (χ2n) is 6.52. The topological polar surface area (TPSA) is 42.0 Å². The van der Waals surface area contributed by atoms with Crippen molar-refractivity contribution in [3.63, 3.8) is 0 Å². The number of rotatable bonds is 3. The number of amides is 1. The molecule has 2 aromatic carbocycles. The summed E-state index contributed by atoms with van der Waals surface area (Å²) in [5, 5.41) is 4.19. The molecule has 24 heavy (non-hydrogen) atoms. The van der Waals surface area contributed by atoms with E-state index in [0.29, 0.717) is 0 Å². The summed E-state index contributed by atoms with van der Waals surface area (Å²) < 4.78 is 0. The number of aromatic nitrogens is 1. The van der Waals surface area contributed by atoms with Crippen molar-refractivity contribution in [2.24, 2.45) is 0 Å². The molecule has 1 fully saturated rings. The molecular weight excluding hydrogens is 296 g/mol. The third kappa shape index (κ3) is 2.56. The third-order valence-corrected chi connectivity index (χ3v) is 5.08. The number of anilines is 1. The number of fused-ring (bicyclic) bond motifs is 1. The normalized spacial score (nSPS) is 16.2. The van der Waals surface area contributed by atoms with Gasteiger partial charge in [-0.1, -0.05) is 49.2 Å². The zero-order valence-corrected chi connectivity index (χ0v) is 13.5. The first-order valence-corrected chi connectivity index (χ1v) is 8.50. The van der Waals surface area contributed by atoms with E-state index in [2.05, 4.69) is 22.4 Å². The minimum absolute atomic E-state index is 0.106. The van der Waals surface area contributed by atoms with Crippen molar-refractivity contribution in [1.82, 2.24) is 4.98 Å². The molecular formula is C21H20N2O. The molecule has 0 atom stereocenters. The number of carbonyl (C=O) groups excluding carboxylic acids is 1. The van der Waals surface area contributed by atoms with Gasteiger partial charge in [-0.05, 0) is 42.7 Å². The van der Waals surface area contributed by atoms with E-state index >= 15 is 0 Å². The molecule has 3 aromatic rings. The Morgan fingerprint density at radius 2 is 1.75 bits per heavy atom. The van der Waals surface area contributed by atoms with Gasteiger partial charge in [0.25, 0.3) is 0 Å². The molecule has 120 valence electrons. The predicted molar refractivity (Wildman–Crippen MR) is 97.0 cm³/mol. The first-order chi connectivity index (χ1) is 11.8. The molecule has 0 saturated heterocycles. The van der Waals surface area contributed by atoms with Gasteiger partial charge in [0, 0.05) is 17.3 Å². The molecule has 4 rings (SSSR count). The van der Waals surface area contributed by atoms with Crippen LogP contribution in [0.15, 0.2) is 66.9 Å². The Hall–Kier alpha value is -2.68. The van der Waals surface area contributed by atoms with Crippen LogP contribution in [-0.2, 0) is 10.2 Å². The van der Waals surface area contributed by atoms with Crippen molar-refractivity contribution >= 4 is 22.5 Å². The number of benzene rings is 2. The summed E-state index contributed by atoms with van der Waals surface area (Å²) in [5.74, 6) is 0.106. The molecule has 0 radical (unpaired) electrons. The molecule has 0 aliphatic heterocycles. The van der Waals surface area contributed by atoms with Crippen LogP contribution in [0.2, 0.25) is 0 Å². The zero-order valence-electron chi connectivity index (χ0n) is 13.5. The zero-order chi connectivity index (χ0) is 16.4. The lowest BCUT2D eigenvalue weighted by molar-refractivity contribution is -0.121. The molecule has 1 amide bonds. The maximum atomic E-state index is 13.1. The summed E-state index contributed by atoms with van der Waals surface area (Å²) in [6.07, 6.45) is 5.81. The van der Waals surface area contributed by atoms with Crippen molar-refractivity contribution in [2.75, 3.05) is 5.32 Å². The van der Waals surface area contributed by atoms with E-state index in [0.717, 1.165) is 47.8 Å². The second kappa shape index (κ2) is 6.08. The molecule has 1 N–H and O–H groups in total. The average Bonchev–Trinajstić information content (AvgIpc) is 3.13. The quantitative estimate of drug-likeness (QED) is 0.762. The summed E-state index contributed by atoms with van der Waals surface area (Å²) in [5.41, 5.74) is 2.50. The molecule has 1 aliphatic rings. The highest BCUT2D eigenvalue weighted by Gasteiger charge is 2.42. The first-order valence-electron chi connectivity index (χ1n) is 8.50. The Kier molecular flexibility index (Phi) is 3.77. The van der Waals surface area contributed by atoms with Gasteiger partial charge in [-0.25, -0.2) is 0 Å². The van der Waals surface area contributed by atoms with Gasteiger partial charge in [0.05, 0.1) is 10.9 Å². The van der Waals surface area contributed by atoms with Crippen molar-refractivity contribution in [1.29, 1.82) is 0 Å². The molecule has 1 aromatic heterocycles. The van der Waals surface area contributed by atoms with Crippen molar-refractivity contribution < 1.29 is 4.79 Å². The fourth-order valence-corrected chi connectivity index (χ4v) is 3.79. The monoisotopic (exact) mass is 316 g/mol. The molecule has 0 unspecified atom stereocenters. The van der Waals surface area contributed by atoms with Gasteiger partial charge in [-0.2, -0.15) is 0 Å². The largest absolute Gasteiger partial charge is 0.325 e. The number of pyridine rings is 1. The Labute approximate surface area is 141 Å². The smallest absolute Gasteiger partial charge is 0.235 e. The summed E-state index contributed by atoms with van der Waals surface area (Å²) in [6.45, 7) is 0. The van der Waals surface area contributed by atoms with Gasteiger partial charge in [-0.15, -0.1) is 0 Å². The standard InChI is InChI=1S/C21H20N2O/c24-20(21(12-4-5-13-21)17-8-2-1-3-9-17)23-18-10-11-19-16(15-18)7-6-14-22-19/h1-3,6-11,14-15H,4-5,12-13H2,(H,23,24). The fourth-order valence-electron chi connectivity index (χ4n) is 3.79. The molecule has 0 spiro atoms. The maximum Gasteiger partial charge on any atom is 0.235 e. The van der Waals surface area contributed by atoms with Crippen molar-refractivity contribution in [3.8, 4) is 0 Å². The van der Waals surface area contributed by atoms with Gasteiger partial charge in [0.2, 0.25) is 5.91 Å². The summed E-state index contributed by atoms with van der Waals surface area (Å²) in [7, 11) is 0. The van der Waals surface area contributed by atoms with Gasteiger partial charge >= 0.3 is 0 Å². The highest BCUT2D eigenvalue weighted by molar-refractivity contribution is 6.00. The highest BCUT2D eigenvalue weighted by Crippen LogP contribution is 2.42. The van der Waals surface area contributed by atoms with E-state index in [-0.39, 0.29) is 5.91 Å². The van der Waals surface area contributed by atoms with Crippen LogP contribution in [0.4, 0.5) is 5.69 Å². The van der Waals surface area contributed by atoms with E-state index in [4.69, 9.17) is 0 Å². The molecule has 1 saturated carbocycles. The van der Waals surface area contributed by atoms with Crippen molar-refractivity contribution in [2.45, 2.75) is 31.1 Å². The van der Waals surface area contributed by atoms with E-state index < -0.39 is 5.41 Å². The van der Waals surface area contributed by atoms with Crippen LogP contribution in [0, 0.1) is 0 Å². The summed E-state index contributed by atoms with van der Waals surface area (Å²) >= 11 is 0. The van der Waals surface area contributed by atoms with Crippen LogP contribution in [0.3, 0.4) is 0 Å².